The second-order valence-corrected chi connectivity index (χ2v) is 32.2. The Labute approximate surface area is 743 Å². The molecule has 0 unspecified atom stereocenters. The van der Waals surface area contributed by atoms with Crippen LogP contribution in [0.2, 0.25) is 5.02 Å². The zero-order valence-corrected chi connectivity index (χ0v) is 79.8. The molecule has 0 heterocycles. The van der Waals surface area contributed by atoms with Crippen molar-refractivity contribution in [1.29, 1.82) is 5.26 Å². The Balaban J connectivity index is 0.000000705. The van der Waals surface area contributed by atoms with E-state index in [9.17, 15) is 49.1 Å². The van der Waals surface area contributed by atoms with E-state index in [1.165, 1.54) is 106 Å². The number of ether oxygens (including phenoxy) is 10. The number of nitrogens with zero attached hydrogens (tertiary/aromatic N) is 1. The first-order chi connectivity index (χ1) is 58.4. The van der Waals surface area contributed by atoms with Gasteiger partial charge in [-0.25, -0.2) is 13.2 Å². The van der Waals surface area contributed by atoms with Gasteiger partial charge in [0.15, 0.2) is 46.3 Å². The van der Waals surface area contributed by atoms with Crippen LogP contribution >= 0.6 is 11.6 Å². The lowest BCUT2D eigenvalue weighted by Gasteiger charge is -2.15. The number of nitriles is 1. The summed E-state index contributed by atoms with van der Waals surface area (Å²) in [5, 5.41) is 9.07. The maximum atomic E-state index is 13.8. The van der Waals surface area contributed by atoms with Gasteiger partial charge in [-0.15, -0.1) is 13.2 Å². The molecule has 0 aliphatic rings. The van der Waals surface area contributed by atoms with Crippen LogP contribution in [0.25, 0.3) is 0 Å². The summed E-state index contributed by atoms with van der Waals surface area (Å²) in [6.07, 6.45) is -7.83. The lowest BCUT2D eigenvalue weighted by Crippen LogP contribution is -2.17. The smallest absolute Gasteiger partial charge is 0.497 e. The van der Waals surface area contributed by atoms with Crippen molar-refractivity contribution in [3.63, 3.8) is 0 Å². The summed E-state index contributed by atoms with van der Waals surface area (Å²) in [7, 11) is 13.3. The van der Waals surface area contributed by atoms with Gasteiger partial charge >= 0.3 is 12.5 Å². The Bertz CT molecular complexity index is 4720. The molecule has 23 heteroatoms. The SMILES string of the molecule is CCC(=O)c1ccc(C)c(C(C)C)c1.CCC(=O)c1cccc(C(C)C)c1.COc1cc(C#N)cc(C(C)C)c1.COc1cc(C(C)C)cc(C(F)(F)F)c1.COc1cc(OC(F)(F)F)cc(C(C)C)c1.COc1cc(OC)c(C)c(C(C)C)c1.COc1cc(OC)c(Cl)c(C(C)C)c1F.COc1cc(OC)c(F)c(C(C)C)c1F.Cc1ccccc1C(C)C. The molecule has 0 N–H and O–H groups in total. The van der Waals surface area contributed by atoms with Crippen molar-refractivity contribution in [2.75, 3.05) is 64.0 Å². The van der Waals surface area contributed by atoms with Crippen molar-refractivity contribution in [2.24, 2.45) is 0 Å². The number of carbonyl (C=O) groups excluding carboxylic acids is 2. The minimum absolute atomic E-state index is 0.00282. The summed E-state index contributed by atoms with van der Waals surface area (Å²) in [5.74, 6) is 4.52. The summed E-state index contributed by atoms with van der Waals surface area (Å²) < 4.78 is 164. The predicted molar refractivity (Wildman–Crippen MR) is 488 cm³/mol. The molecule has 0 aliphatic heterocycles. The maximum absolute atomic E-state index is 13.8. The summed E-state index contributed by atoms with van der Waals surface area (Å²) in [5.41, 5.74) is 13.7. The first-order valence-corrected chi connectivity index (χ1v) is 41.8. The lowest BCUT2D eigenvalue weighted by atomic mass is 9.94. The normalized spacial score (nSPS) is 10.8. The van der Waals surface area contributed by atoms with Gasteiger partial charge in [0.2, 0.25) is 0 Å². The largest absolute Gasteiger partial charge is 0.573 e. The van der Waals surface area contributed by atoms with E-state index < -0.39 is 35.6 Å². The molecule has 0 amide bonds. The highest BCUT2D eigenvalue weighted by molar-refractivity contribution is 6.33. The highest BCUT2D eigenvalue weighted by Gasteiger charge is 2.33. The molecular formula is C102H133ClF9NO12. The van der Waals surface area contributed by atoms with Crippen molar-refractivity contribution in [3.05, 3.63) is 257 Å². The van der Waals surface area contributed by atoms with Crippen LogP contribution in [0.1, 0.15) is 303 Å². The van der Waals surface area contributed by atoms with Gasteiger partial charge in [-0.05, 0) is 196 Å². The summed E-state index contributed by atoms with van der Waals surface area (Å²) in [4.78, 5) is 22.9. The number of Topliss-reactive ketones (excluding diaryl/α,β-unsaturated/α-hetero) is 2. The maximum Gasteiger partial charge on any atom is 0.573 e. The van der Waals surface area contributed by atoms with Crippen LogP contribution in [0.3, 0.4) is 0 Å². The molecule has 0 spiro atoms. The number of rotatable bonds is 23. The minimum Gasteiger partial charge on any atom is -0.497 e. The Morgan fingerprint density at radius 1 is 0.360 bits per heavy atom. The third kappa shape index (κ3) is 37.3. The predicted octanol–water partition coefficient (Wildman–Crippen LogP) is 30.3. The van der Waals surface area contributed by atoms with Crippen LogP contribution in [-0.4, -0.2) is 81.9 Å². The van der Waals surface area contributed by atoms with Crippen molar-refractivity contribution < 1.29 is 96.5 Å². The third-order valence-electron chi connectivity index (χ3n) is 19.5. The highest BCUT2D eigenvalue weighted by atomic mass is 35.5. The lowest BCUT2D eigenvalue weighted by molar-refractivity contribution is -0.274. The van der Waals surface area contributed by atoms with E-state index in [0.717, 1.165) is 51.6 Å². The Morgan fingerprint density at radius 2 is 0.752 bits per heavy atom. The number of hydrogen-bond acceptors (Lipinski definition) is 13. The van der Waals surface area contributed by atoms with E-state index in [1.807, 2.05) is 110 Å². The Kier molecular flexibility index (Phi) is 49.5. The molecule has 0 aromatic heterocycles. The van der Waals surface area contributed by atoms with E-state index >= 15 is 0 Å². The number of alkyl halides is 6. The molecule has 9 aromatic rings. The van der Waals surface area contributed by atoms with Crippen LogP contribution in [-0.2, 0) is 6.18 Å². The van der Waals surface area contributed by atoms with Gasteiger partial charge in [-0.1, -0.05) is 205 Å². The Hall–Kier alpha value is -10.5. The van der Waals surface area contributed by atoms with Crippen LogP contribution in [0, 0.1) is 49.6 Å². The van der Waals surface area contributed by atoms with Crippen molar-refractivity contribution in [3.8, 4) is 63.6 Å². The molecule has 13 nitrogen and oxygen atoms in total. The second-order valence-electron chi connectivity index (χ2n) is 31.8. The first kappa shape index (κ1) is 112. The molecule has 0 radical (unpaired) electrons. The number of benzene rings is 9. The highest BCUT2D eigenvalue weighted by Crippen LogP contribution is 2.42. The quantitative estimate of drug-likeness (QED) is 0.0442. The van der Waals surface area contributed by atoms with Crippen molar-refractivity contribution >= 4 is 23.2 Å². The number of carbonyl (C=O) groups is 2. The zero-order chi connectivity index (χ0) is 95.8. The van der Waals surface area contributed by atoms with E-state index in [1.54, 1.807) is 53.4 Å². The number of ketones is 2. The molecule has 0 bridgehead atoms. The average Bonchev–Trinajstić information content (AvgIpc) is 0.802. The molecule has 0 atom stereocenters. The van der Waals surface area contributed by atoms with E-state index in [2.05, 4.69) is 137 Å². The van der Waals surface area contributed by atoms with Crippen LogP contribution in [0.15, 0.2) is 146 Å². The molecule has 688 valence electrons. The van der Waals surface area contributed by atoms with Gasteiger partial charge in [0.1, 0.15) is 40.2 Å². The van der Waals surface area contributed by atoms with Gasteiger partial charge < -0.3 is 47.4 Å². The van der Waals surface area contributed by atoms with Crippen LogP contribution < -0.4 is 47.4 Å². The fourth-order valence-corrected chi connectivity index (χ4v) is 12.6. The molecule has 9 rings (SSSR count). The monoisotopic (exact) mass is 1770 g/mol. The topological polar surface area (TPSA) is 150 Å². The van der Waals surface area contributed by atoms with E-state index in [-0.39, 0.29) is 69.5 Å². The summed E-state index contributed by atoms with van der Waals surface area (Å²) in [6, 6.07) is 44.9. The van der Waals surface area contributed by atoms with Gasteiger partial charge in [0.25, 0.3) is 0 Å². The standard InChI is InChI=1S/C13H18O.C12H18O2.C12H16O.C11H14ClFO2.C11H13F3O2.C11H13F3O.C11H14F2O2.C11H13NO.C10H14/c1-5-13(14)11-7-6-10(4)12(8-11)9(2)3;1-8(2)11-6-10(13-4)7-12(14-5)9(11)3;1-4-12(13)11-7-5-6-10(8-11)9(2)3;1-6(2)9-10(12)7(14-3)5-8(15-4)11(9)13;1-7(2)8-4-9(15-3)6-10(5-8)16-11(12,13)14;1-7(2)8-4-9(11(12,13)14)6-10(5-8)15-3;1-6(2)9-10(12)7(14-3)5-8(15-4)11(9)13;1-8(2)10-4-9(7-12)5-11(6-10)13-3;1-8(2)10-7-5-4-6-9(10)3/h6-9H,5H2,1-4H3;6-8H,1-5H3;5-9H,4H2,1-3H3;5-6H,1-4H3;4-7H,1-3H3;4-7H,1-3H3;5-6H,1-4H3;4-6,8H,1-3H3;4-8H,1-3H3. The van der Waals surface area contributed by atoms with Crippen LogP contribution in [0.4, 0.5) is 39.5 Å². The molecule has 0 saturated carbocycles. The van der Waals surface area contributed by atoms with Gasteiger partial charge in [0, 0.05) is 59.4 Å². The van der Waals surface area contributed by atoms with Gasteiger partial charge in [-0.2, -0.15) is 18.4 Å². The second kappa shape index (κ2) is 55.1. The summed E-state index contributed by atoms with van der Waals surface area (Å²) >= 11 is 6.02. The van der Waals surface area contributed by atoms with Crippen LogP contribution in [0.5, 0.6) is 57.5 Å². The Morgan fingerprint density at radius 3 is 1.14 bits per heavy atom. The number of aryl methyl sites for hydroxylation is 2. The van der Waals surface area contributed by atoms with Gasteiger partial charge in [0.05, 0.1) is 86.2 Å². The van der Waals surface area contributed by atoms with E-state index in [0.29, 0.717) is 75.6 Å². The number of hydrogen-bond donors (Lipinski definition) is 0. The molecular weight excluding hydrogens is 1640 g/mol. The van der Waals surface area contributed by atoms with E-state index in [4.69, 9.17) is 59.5 Å². The summed E-state index contributed by atoms with van der Waals surface area (Å²) in [6.45, 7) is 46.3. The number of methoxy groups -OCH3 is 9. The average molecular weight is 1770 g/mol. The van der Waals surface area contributed by atoms with Crippen molar-refractivity contribution in [1.82, 2.24) is 0 Å². The third-order valence-corrected chi connectivity index (χ3v) is 19.9. The molecule has 125 heavy (non-hydrogen) atoms. The zero-order valence-electron chi connectivity index (χ0n) is 79.1. The fraction of sp³-hybridized carbons (Fsp3) is 0.441. The van der Waals surface area contributed by atoms with Crippen molar-refractivity contribution in [2.45, 2.75) is 238 Å². The fourth-order valence-electron chi connectivity index (χ4n) is 12.2. The minimum atomic E-state index is -4.68. The number of halogens is 10. The first-order valence-electron chi connectivity index (χ1n) is 41.4. The molecule has 0 saturated heterocycles. The molecule has 9 aromatic carbocycles. The molecule has 0 aliphatic carbocycles. The van der Waals surface area contributed by atoms with Gasteiger partial charge in [-0.3, -0.25) is 9.59 Å². The molecule has 0 fully saturated rings.